The number of hydrogen-bond donors (Lipinski definition) is 0. The Bertz CT molecular complexity index is 946. The minimum atomic E-state index is -0.327. The van der Waals surface area contributed by atoms with Gasteiger partial charge in [0.25, 0.3) is 0 Å². The smallest absolute Gasteiger partial charge is 0.240 e. The molecule has 1 saturated heterocycles. The van der Waals surface area contributed by atoms with Crippen molar-refractivity contribution in [3.8, 4) is 5.69 Å². The number of likely N-dealkylation sites (tertiary alicyclic amines) is 1. The summed E-state index contributed by atoms with van der Waals surface area (Å²) in [5.41, 5.74) is 3.21. The molecule has 3 aromatic rings. The van der Waals surface area contributed by atoms with Gasteiger partial charge in [-0.15, -0.1) is 10.2 Å². The van der Waals surface area contributed by atoms with Crippen molar-refractivity contribution in [3.63, 3.8) is 0 Å². The molecule has 0 bridgehead atoms. The number of carbonyl (C=O) groups is 1. The normalized spacial score (nSPS) is 15.0. The summed E-state index contributed by atoms with van der Waals surface area (Å²) < 4.78 is 2.03. The van der Waals surface area contributed by atoms with Gasteiger partial charge in [0.2, 0.25) is 5.91 Å². The third kappa shape index (κ3) is 3.83. The minimum Gasteiger partial charge on any atom is -0.341 e. The van der Waals surface area contributed by atoms with Crippen LogP contribution in [-0.2, 0) is 4.79 Å². The molecule has 5 nitrogen and oxygen atoms in total. The minimum absolute atomic E-state index is 0.157. The fourth-order valence-corrected chi connectivity index (χ4v) is 4.69. The maximum Gasteiger partial charge on any atom is 0.240 e. The molecule has 0 radical (unpaired) electrons. The van der Waals surface area contributed by atoms with Gasteiger partial charge in [0.15, 0.2) is 5.16 Å². The van der Waals surface area contributed by atoms with Crippen molar-refractivity contribution in [2.24, 2.45) is 0 Å². The van der Waals surface area contributed by atoms with Crippen LogP contribution in [0.3, 0.4) is 0 Å². The van der Waals surface area contributed by atoms with Crippen LogP contribution in [0.1, 0.15) is 35.0 Å². The lowest BCUT2D eigenvalue weighted by Crippen LogP contribution is -2.31. The molecule has 0 aliphatic carbocycles. The van der Waals surface area contributed by atoms with Crippen molar-refractivity contribution in [2.75, 3.05) is 13.1 Å². The standard InChI is InChI=1S/C22H24N4OS/c1-16-10-12-19(13-11-16)26-17(2)23-24-22(26)28-20(18-8-4-3-5-9-18)21(27)25-14-6-7-15-25/h3-5,8-13,20H,6-7,14-15H2,1-2H3. The average molecular weight is 393 g/mol. The van der Waals surface area contributed by atoms with Crippen molar-refractivity contribution >= 4 is 17.7 Å². The molecule has 144 valence electrons. The summed E-state index contributed by atoms with van der Waals surface area (Å²) in [7, 11) is 0. The number of aromatic nitrogens is 3. The van der Waals surface area contributed by atoms with Gasteiger partial charge < -0.3 is 4.90 Å². The largest absolute Gasteiger partial charge is 0.341 e. The van der Waals surface area contributed by atoms with E-state index in [-0.39, 0.29) is 11.2 Å². The van der Waals surface area contributed by atoms with Gasteiger partial charge in [-0.2, -0.15) is 0 Å². The Kier molecular flexibility index (Phi) is 5.48. The van der Waals surface area contributed by atoms with Gasteiger partial charge in [0, 0.05) is 18.8 Å². The maximum atomic E-state index is 13.3. The van der Waals surface area contributed by atoms with Crippen molar-refractivity contribution in [2.45, 2.75) is 37.1 Å². The first-order chi connectivity index (χ1) is 13.6. The fourth-order valence-electron chi connectivity index (χ4n) is 3.51. The zero-order valence-corrected chi connectivity index (χ0v) is 17.0. The second kappa shape index (κ2) is 8.19. The highest BCUT2D eigenvalue weighted by molar-refractivity contribution is 8.00. The van der Waals surface area contributed by atoms with Gasteiger partial charge in [-0.25, -0.2) is 0 Å². The van der Waals surface area contributed by atoms with Gasteiger partial charge in [-0.05, 0) is 44.4 Å². The van der Waals surface area contributed by atoms with E-state index in [0.717, 1.165) is 48.2 Å². The zero-order chi connectivity index (χ0) is 19.5. The Hall–Kier alpha value is -2.60. The summed E-state index contributed by atoms with van der Waals surface area (Å²) >= 11 is 1.48. The monoisotopic (exact) mass is 392 g/mol. The van der Waals surface area contributed by atoms with E-state index < -0.39 is 0 Å². The molecule has 1 aliphatic rings. The molecule has 1 amide bonds. The molecule has 28 heavy (non-hydrogen) atoms. The molecule has 1 fully saturated rings. The molecule has 4 rings (SSSR count). The van der Waals surface area contributed by atoms with Gasteiger partial charge in [0.05, 0.1) is 0 Å². The molecule has 6 heteroatoms. The number of benzene rings is 2. The third-order valence-corrected chi connectivity index (χ3v) is 6.24. The number of carbonyl (C=O) groups excluding carboxylic acids is 1. The van der Waals surface area contributed by atoms with Crippen LogP contribution in [0.25, 0.3) is 5.69 Å². The highest BCUT2D eigenvalue weighted by atomic mass is 32.2. The van der Waals surface area contributed by atoms with Crippen LogP contribution in [0, 0.1) is 13.8 Å². The van der Waals surface area contributed by atoms with Crippen LogP contribution in [-0.4, -0.2) is 38.7 Å². The highest BCUT2D eigenvalue weighted by Gasteiger charge is 2.30. The first-order valence-corrected chi connectivity index (χ1v) is 10.5. The summed E-state index contributed by atoms with van der Waals surface area (Å²) in [6, 6.07) is 18.3. The predicted molar refractivity (Wildman–Crippen MR) is 112 cm³/mol. The predicted octanol–water partition coefficient (Wildman–Crippen LogP) is 4.34. The highest BCUT2D eigenvalue weighted by Crippen LogP contribution is 2.37. The molecule has 1 unspecified atom stereocenters. The Labute approximate surface area is 169 Å². The lowest BCUT2D eigenvalue weighted by molar-refractivity contribution is -0.129. The lowest BCUT2D eigenvalue weighted by atomic mass is 10.1. The molecule has 2 heterocycles. The number of rotatable bonds is 5. The van der Waals surface area contributed by atoms with Crippen LogP contribution in [0.2, 0.25) is 0 Å². The second-order valence-electron chi connectivity index (χ2n) is 7.14. The van der Waals surface area contributed by atoms with Gasteiger partial charge in [0.1, 0.15) is 11.1 Å². The van der Waals surface area contributed by atoms with Crippen LogP contribution in [0.5, 0.6) is 0 Å². The summed E-state index contributed by atoms with van der Waals surface area (Å²) in [5, 5.41) is 9.09. The van der Waals surface area contributed by atoms with E-state index in [9.17, 15) is 4.79 Å². The lowest BCUT2D eigenvalue weighted by Gasteiger charge is -2.23. The van der Waals surface area contributed by atoms with Crippen molar-refractivity contribution < 1.29 is 4.79 Å². The van der Waals surface area contributed by atoms with E-state index in [1.54, 1.807) is 0 Å². The molecule has 1 aromatic heterocycles. The molecule has 0 spiro atoms. The Morgan fingerprint density at radius 3 is 2.32 bits per heavy atom. The van der Waals surface area contributed by atoms with E-state index in [1.165, 1.54) is 17.3 Å². The first kappa shape index (κ1) is 18.7. The van der Waals surface area contributed by atoms with Gasteiger partial charge in [-0.1, -0.05) is 59.8 Å². The van der Waals surface area contributed by atoms with E-state index in [2.05, 4.69) is 41.4 Å². The molecular weight excluding hydrogens is 368 g/mol. The van der Waals surface area contributed by atoms with Crippen LogP contribution >= 0.6 is 11.8 Å². The van der Waals surface area contributed by atoms with Gasteiger partial charge in [-0.3, -0.25) is 9.36 Å². The molecule has 0 saturated carbocycles. The number of aryl methyl sites for hydroxylation is 2. The Morgan fingerprint density at radius 2 is 1.64 bits per heavy atom. The molecule has 2 aromatic carbocycles. The van der Waals surface area contributed by atoms with E-state index in [1.807, 2.05) is 46.7 Å². The van der Waals surface area contributed by atoms with E-state index in [4.69, 9.17) is 0 Å². The molecule has 0 N–H and O–H groups in total. The molecule has 1 aliphatic heterocycles. The number of thioether (sulfide) groups is 1. The second-order valence-corrected chi connectivity index (χ2v) is 8.21. The van der Waals surface area contributed by atoms with Crippen molar-refractivity contribution in [3.05, 3.63) is 71.5 Å². The number of amides is 1. The SMILES string of the molecule is Cc1ccc(-n2c(C)nnc2SC(C(=O)N2CCCC2)c2ccccc2)cc1. The summed E-state index contributed by atoms with van der Waals surface area (Å²) in [5.74, 6) is 0.969. The number of hydrogen-bond acceptors (Lipinski definition) is 4. The summed E-state index contributed by atoms with van der Waals surface area (Å²) in [6.07, 6.45) is 2.16. The Balaban J connectivity index is 1.69. The Morgan fingerprint density at radius 1 is 0.964 bits per heavy atom. The third-order valence-electron chi connectivity index (χ3n) is 5.05. The average Bonchev–Trinajstić information content (AvgIpc) is 3.37. The maximum absolute atomic E-state index is 13.3. The van der Waals surface area contributed by atoms with Crippen molar-refractivity contribution in [1.82, 2.24) is 19.7 Å². The fraction of sp³-hybridized carbons (Fsp3) is 0.318. The topological polar surface area (TPSA) is 51.0 Å². The summed E-state index contributed by atoms with van der Waals surface area (Å²) in [6.45, 7) is 5.69. The van der Waals surface area contributed by atoms with Crippen LogP contribution < -0.4 is 0 Å². The van der Waals surface area contributed by atoms with Gasteiger partial charge >= 0.3 is 0 Å². The first-order valence-electron chi connectivity index (χ1n) is 9.63. The molecular formula is C22H24N4OS. The zero-order valence-electron chi connectivity index (χ0n) is 16.2. The number of nitrogens with zero attached hydrogens (tertiary/aromatic N) is 4. The van der Waals surface area contributed by atoms with Crippen molar-refractivity contribution in [1.29, 1.82) is 0 Å². The van der Waals surface area contributed by atoms with E-state index >= 15 is 0 Å². The quantitative estimate of drug-likeness (QED) is 0.606. The van der Waals surface area contributed by atoms with Crippen LogP contribution in [0.15, 0.2) is 59.8 Å². The molecule has 1 atom stereocenters. The van der Waals surface area contributed by atoms with Crippen LogP contribution in [0.4, 0.5) is 0 Å². The van der Waals surface area contributed by atoms with E-state index in [0.29, 0.717) is 0 Å². The summed E-state index contributed by atoms with van der Waals surface area (Å²) in [4.78, 5) is 15.3.